The first-order chi connectivity index (χ1) is 13.6. The molecule has 1 aliphatic heterocycles. The van der Waals surface area contributed by atoms with Gasteiger partial charge < -0.3 is 19.2 Å². The number of nitrogens with zero attached hydrogens (tertiary/aromatic N) is 1. The molecule has 0 saturated heterocycles. The van der Waals surface area contributed by atoms with Gasteiger partial charge in [0.05, 0.1) is 6.61 Å². The minimum atomic E-state index is -0.815. The second kappa shape index (κ2) is 7.89. The summed E-state index contributed by atoms with van der Waals surface area (Å²) < 4.78 is 10.4. The van der Waals surface area contributed by atoms with Gasteiger partial charge in [-0.2, -0.15) is 0 Å². The maximum Gasteiger partial charge on any atom is 0.351 e. The topological polar surface area (TPSA) is 97.0 Å². The summed E-state index contributed by atoms with van der Waals surface area (Å²) in [5.41, 5.74) is 1.44. The van der Waals surface area contributed by atoms with Crippen LogP contribution in [0.5, 0.6) is 0 Å². The van der Waals surface area contributed by atoms with Crippen LogP contribution in [-0.2, 0) is 9.53 Å². The van der Waals surface area contributed by atoms with Crippen LogP contribution < -0.4 is 10.5 Å². The Labute approximate surface area is 169 Å². The van der Waals surface area contributed by atoms with Crippen LogP contribution in [0, 0.1) is 0 Å². The van der Waals surface area contributed by atoms with Gasteiger partial charge in [-0.05, 0) is 57.2 Å². The summed E-state index contributed by atoms with van der Waals surface area (Å²) in [6.07, 6.45) is 1.53. The van der Waals surface area contributed by atoms with Gasteiger partial charge in [0, 0.05) is 35.6 Å². The van der Waals surface area contributed by atoms with E-state index >= 15 is 0 Å². The smallest absolute Gasteiger partial charge is 0.351 e. The van der Waals surface area contributed by atoms with Crippen molar-refractivity contribution < 1.29 is 23.8 Å². The number of anilines is 1. The fourth-order valence-electron chi connectivity index (χ4n) is 4.26. The number of ether oxygens (including phenoxy) is 1. The summed E-state index contributed by atoms with van der Waals surface area (Å²) in [7, 11) is 0. The fraction of sp³-hybridized carbons (Fsp3) is 0.500. The first kappa shape index (κ1) is 20.9. The van der Waals surface area contributed by atoms with Crippen LogP contribution in [0.15, 0.2) is 27.4 Å². The highest BCUT2D eigenvalue weighted by atomic mass is 16.5. The van der Waals surface area contributed by atoms with E-state index in [9.17, 15) is 14.4 Å². The Kier molecular flexibility index (Phi) is 5.68. The number of benzene rings is 1. The molecule has 1 N–H and O–H groups in total. The summed E-state index contributed by atoms with van der Waals surface area (Å²) in [6.45, 7) is 8.87. The van der Waals surface area contributed by atoms with E-state index in [-0.39, 0.29) is 30.0 Å². The number of carbonyl (C=O) groups excluding carboxylic acids is 1. The molecular weight excluding hydrogens is 374 g/mol. The summed E-state index contributed by atoms with van der Waals surface area (Å²) in [6, 6.07) is 5.32. The summed E-state index contributed by atoms with van der Waals surface area (Å²) in [5.74, 6) is -1.24. The summed E-state index contributed by atoms with van der Waals surface area (Å²) in [4.78, 5) is 37.5. The first-order valence-corrected chi connectivity index (χ1v) is 9.92. The van der Waals surface area contributed by atoms with Crippen molar-refractivity contribution in [3.8, 4) is 0 Å². The van der Waals surface area contributed by atoms with E-state index < -0.39 is 17.6 Å². The monoisotopic (exact) mass is 401 g/mol. The molecule has 0 spiro atoms. The number of rotatable bonds is 6. The SMILES string of the molecule is CCOC(=O)c1cc2cc3c(cc2oc1=O)N(CCCC(=O)O)C(C)(C)CC3C. The molecule has 156 valence electrons. The normalized spacial score (nSPS) is 17.8. The predicted molar refractivity (Wildman–Crippen MR) is 110 cm³/mol. The Bertz CT molecular complexity index is 1010. The number of carboxylic acid groups (broad SMARTS) is 1. The average Bonchev–Trinajstić information content (AvgIpc) is 2.62. The van der Waals surface area contributed by atoms with E-state index in [1.54, 1.807) is 6.92 Å². The summed E-state index contributed by atoms with van der Waals surface area (Å²) >= 11 is 0. The number of carboxylic acids is 1. The Balaban J connectivity index is 2.09. The highest BCUT2D eigenvalue weighted by Gasteiger charge is 2.36. The molecule has 2 heterocycles. The Morgan fingerprint density at radius 3 is 2.69 bits per heavy atom. The minimum absolute atomic E-state index is 0.100. The van der Waals surface area contributed by atoms with Crippen LogP contribution in [-0.4, -0.2) is 35.7 Å². The third-order valence-electron chi connectivity index (χ3n) is 5.51. The van der Waals surface area contributed by atoms with Crippen LogP contribution in [0.25, 0.3) is 11.0 Å². The Morgan fingerprint density at radius 2 is 2.03 bits per heavy atom. The van der Waals surface area contributed by atoms with Gasteiger partial charge in [-0.15, -0.1) is 0 Å². The molecule has 1 aromatic heterocycles. The van der Waals surface area contributed by atoms with Gasteiger partial charge in [0.1, 0.15) is 11.1 Å². The molecule has 3 rings (SSSR count). The zero-order valence-corrected chi connectivity index (χ0v) is 17.3. The molecule has 0 saturated carbocycles. The van der Waals surface area contributed by atoms with Crippen LogP contribution >= 0.6 is 0 Å². The van der Waals surface area contributed by atoms with Gasteiger partial charge in [0.25, 0.3) is 0 Å². The predicted octanol–water partition coefficient (Wildman–Crippen LogP) is 3.93. The fourth-order valence-corrected chi connectivity index (χ4v) is 4.26. The zero-order chi connectivity index (χ0) is 21.3. The van der Waals surface area contributed by atoms with Gasteiger partial charge in [-0.3, -0.25) is 4.79 Å². The number of esters is 1. The number of carbonyl (C=O) groups is 2. The highest BCUT2D eigenvalue weighted by Crippen LogP contribution is 2.44. The van der Waals surface area contributed by atoms with Crippen molar-refractivity contribution >= 4 is 28.6 Å². The molecule has 1 aliphatic rings. The number of aliphatic carboxylic acids is 1. The zero-order valence-electron chi connectivity index (χ0n) is 17.3. The van der Waals surface area contributed by atoms with Crippen LogP contribution in [0.2, 0.25) is 0 Å². The molecule has 0 bridgehead atoms. The standard InChI is InChI=1S/C22H27NO6/c1-5-28-20(26)16-10-14-9-15-13(2)12-22(3,4)23(8-6-7-19(24)25)17(15)11-18(14)29-21(16)27/h9-11,13H,5-8,12H2,1-4H3,(H,24,25). The molecule has 0 amide bonds. The van der Waals surface area contributed by atoms with Gasteiger partial charge in [-0.1, -0.05) is 6.92 Å². The van der Waals surface area contributed by atoms with Crippen molar-refractivity contribution in [1.82, 2.24) is 0 Å². The van der Waals surface area contributed by atoms with Crippen molar-refractivity contribution in [3.05, 3.63) is 39.7 Å². The van der Waals surface area contributed by atoms with Crippen LogP contribution in [0.3, 0.4) is 0 Å². The first-order valence-electron chi connectivity index (χ1n) is 9.92. The van der Waals surface area contributed by atoms with E-state index in [2.05, 4.69) is 25.7 Å². The maximum atomic E-state index is 12.3. The largest absolute Gasteiger partial charge is 0.481 e. The van der Waals surface area contributed by atoms with E-state index in [0.29, 0.717) is 23.9 Å². The van der Waals surface area contributed by atoms with Crippen LogP contribution in [0.1, 0.15) is 68.8 Å². The quantitative estimate of drug-likeness (QED) is 0.579. The van der Waals surface area contributed by atoms with Gasteiger partial charge in [0.2, 0.25) is 0 Å². The molecule has 1 atom stereocenters. The molecule has 7 heteroatoms. The van der Waals surface area contributed by atoms with E-state index in [1.807, 2.05) is 12.1 Å². The van der Waals surface area contributed by atoms with Crippen molar-refractivity contribution in [3.63, 3.8) is 0 Å². The lowest BCUT2D eigenvalue weighted by molar-refractivity contribution is -0.137. The Morgan fingerprint density at radius 1 is 1.31 bits per heavy atom. The third-order valence-corrected chi connectivity index (χ3v) is 5.51. The van der Waals surface area contributed by atoms with E-state index in [1.165, 1.54) is 6.07 Å². The average molecular weight is 401 g/mol. The molecule has 2 aromatic rings. The minimum Gasteiger partial charge on any atom is -0.481 e. The molecule has 0 aliphatic carbocycles. The molecule has 29 heavy (non-hydrogen) atoms. The lowest BCUT2D eigenvalue weighted by atomic mass is 9.79. The van der Waals surface area contributed by atoms with Gasteiger partial charge in [-0.25, -0.2) is 9.59 Å². The van der Waals surface area contributed by atoms with Gasteiger partial charge in [0.15, 0.2) is 0 Å². The molecular formula is C22H27NO6. The second-order valence-electron chi connectivity index (χ2n) is 8.18. The lowest BCUT2D eigenvalue weighted by Gasteiger charge is -2.47. The summed E-state index contributed by atoms with van der Waals surface area (Å²) in [5, 5.41) is 9.66. The van der Waals surface area contributed by atoms with Gasteiger partial charge >= 0.3 is 17.6 Å². The Hall–Kier alpha value is -2.83. The highest BCUT2D eigenvalue weighted by molar-refractivity contribution is 5.94. The molecule has 0 fully saturated rings. The molecule has 0 radical (unpaired) electrons. The molecule has 1 unspecified atom stereocenters. The van der Waals surface area contributed by atoms with E-state index in [0.717, 1.165) is 17.7 Å². The van der Waals surface area contributed by atoms with Crippen molar-refractivity contribution in [1.29, 1.82) is 0 Å². The third kappa shape index (κ3) is 4.13. The number of hydrogen-bond acceptors (Lipinski definition) is 6. The van der Waals surface area contributed by atoms with Crippen molar-refractivity contribution in [2.45, 2.75) is 58.4 Å². The maximum absolute atomic E-state index is 12.3. The van der Waals surface area contributed by atoms with E-state index in [4.69, 9.17) is 14.3 Å². The number of hydrogen-bond donors (Lipinski definition) is 1. The second-order valence-corrected chi connectivity index (χ2v) is 8.18. The molecule has 1 aromatic carbocycles. The van der Waals surface area contributed by atoms with Crippen molar-refractivity contribution in [2.24, 2.45) is 0 Å². The van der Waals surface area contributed by atoms with Crippen LogP contribution in [0.4, 0.5) is 5.69 Å². The molecule has 7 nitrogen and oxygen atoms in total. The lowest BCUT2D eigenvalue weighted by Crippen LogP contribution is -2.48. The number of fused-ring (bicyclic) bond motifs is 2. The van der Waals surface area contributed by atoms with Crippen molar-refractivity contribution in [2.75, 3.05) is 18.1 Å².